The van der Waals surface area contributed by atoms with Crippen molar-refractivity contribution in [3.8, 4) is 0 Å². The van der Waals surface area contributed by atoms with Gasteiger partial charge in [-0.05, 0) is 43.4 Å². The Kier molecular flexibility index (Phi) is 2.82. The first kappa shape index (κ1) is 10.0. The minimum absolute atomic E-state index is 0.118. The molecule has 1 heteroatoms. The lowest BCUT2D eigenvalue weighted by molar-refractivity contribution is 0.0373. The first-order valence-corrected chi connectivity index (χ1v) is 5.09. The van der Waals surface area contributed by atoms with Crippen molar-refractivity contribution in [2.24, 2.45) is 17.3 Å². The Morgan fingerprint density at radius 2 is 1.92 bits per heavy atom. The zero-order valence-corrected chi connectivity index (χ0v) is 8.80. The lowest BCUT2D eigenvalue weighted by atomic mass is 9.67. The summed E-state index contributed by atoms with van der Waals surface area (Å²) in [5.74, 6) is 1.32. The van der Waals surface area contributed by atoms with E-state index in [-0.39, 0.29) is 6.10 Å². The van der Waals surface area contributed by atoms with Crippen molar-refractivity contribution in [3.63, 3.8) is 0 Å². The van der Waals surface area contributed by atoms with Crippen LogP contribution in [-0.2, 0) is 0 Å². The van der Waals surface area contributed by atoms with Gasteiger partial charge in [0.1, 0.15) is 0 Å². The Morgan fingerprint density at radius 1 is 1.33 bits per heavy atom. The third-order valence-electron chi connectivity index (χ3n) is 3.10. The molecule has 1 aliphatic carbocycles. The predicted octanol–water partition coefficient (Wildman–Crippen LogP) is 2.83. The van der Waals surface area contributed by atoms with Crippen molar-refractivity contribution in [1.29, 1.82) is 0 Å². The van der Waals surface area contributed by atoms with E-state index in [2.05, 4.69) is 20.8 Å². The van der Waals surface area contributed by atoms with Crippen LogP contribution in [0.4, 0.5) is 0 Å². The third-order valence-corrected chi connectivity index (χ3v) is 3.10. The van der Waals surface area contributed by atoms with E-state index in [1.54, 1.807) is 0 Å². The summed E-state index contributed by atoms with van der Waals surface area (Å²) in [6, 6.07) is 0. The van der Waals surface area contributed by atoms with Crippen molar-refractivity contribution in [1.82, 2.24) is 0 Å². The smallest absolute Gasteiger partial charge is 0.0540 e. The molecule has 0 spiro atoms. The van der Waals surface area contributed by atoms with E-state index >= 15 is 0 Å². The van der Waals surface area contributed by atoms with Crippen LogP contribution < -0.4 is 0 Å². The molecular weight excluding hydrogens is 148 g/mol. The van der Waals surface area contributed by atoms with E-state index in [4.69, 9.17) is 0 Å². The standard InChI is InChI=1S/C11H22O/c1-8-5-10(9(2)12)7-11(3,4)6-8/h8-10,12H,5-7H2,1-4H3. The first-order chi connectivity index (χ1) is 5.41. The minimum atomic E-state index is -0.118. The van der Waals surface area contributed by atoms with Crippen LogP contribution >= 0.6 is 0 Å². The lowest BCUT2D eigenvalue weighted by Gasteiger charge is -2.40. The molecule has 0 aromatic carbocycles. The van der Waals surface area contributed by atoms with Crippen LogP contribution in [0.5, 0.6) is 0 Å². The first-order valence-electron chi connectivity index (χ1n) is 5.09. The zero-order chi connectivity index (χ0) is 9.35. The number of hydrogen-bond acceptors (Lipinski definition) is 1. The molecule has 1 rings (SSSR count). The van der Waals surface area contributed by atoms with Gasteiger partial charge in [-0.3, -0.25) is 0 Å². The molecule has 1 aliphatic rings. The molecule has 1 saturated carbocycles. The fourth-order valence-electron chi connectivity index (χ4n) is 2.79. The molecule has 0 amide bonds. The SMILES string of the molecule is CC1CC(C(C)O)CC(C)(C)C1. The van der Waals surface area contributed by atoms with Gasteiger partial charge < -0.3 is 5.11 Å². The Hall–Kier alpha value is -0.0400. The maximum atomic E-state index is 9.53. The number of hydrogen-bond donors (Lipinski definition) is 1. The fourth-order valence-corrected chi connectivity index (χ4v) is 2.79. The molecule has 3 unspecified atom stereocenters. The second-order valence-electron chi connectivity index (χ2n) is 5.41. The minimum Gasteiger partial charge on any atom is -0.393 e. The molecule has 0 heterocycles. The highest BCUT2D eigenvalue weighted by atomic mass is 16.3. The maximum Gasteiger partial charge on any atom is 0.0540 e. The van der Waals surface area contributed by atoms with Gasteiger partial charge >= 0.3 is 0 Å². The van der Waals surface area contributed by atoms with Gasteiger partial charge in [0.2, 0.25) is 0 Å². The quantitative estimate of drug-likeness (QED) is 0.641. The monoisotopic (exact) mass is 170 g/mol. The molecule has 12 heavy (non-hydrogen) atoms. The highest BCUT2D eigenvalue weighted by Crippen LogP contribution is 2.42. The normalized spacial score (nSPS) is 37.8. The van der Waals surface area contributed by atoms with Gasteiger partial charge in [-0.25, -0.2) is 0 Å². The van der Waals surface area contributed by atoms with Crippen LogP contribution in [-0.4, -0.2) is 11.2 Å². The molecule has 3 atom stereocenters. The van der Waals surface area contributed by atoms with E-state index in [1.165, 1.54) is 19.3 Å². The molecule has 0 saturated heterocycles. The van der Waals surface area contributed by atoms with E-state index in [0.717, 1.165) is 5.92 Å². The Bertz CT molecular complexity index is 149. The highest BCUT2D eigenvalue weighted by Gasteiger charge is 2.33. The largest absolute Gasteiger partial charge is 0.393 e. The highest BCUT2D eigenvalue weighted by molar-refractivity contribution is 4.84. The van der Waals surface area contributed by atoms with Crippen LogP contribution in [0.15, 0.2) is 0 Å². The molecule has 1 N–H and O–H groups in total. The van der Waals surface area contributed by atoms with Crippen LogP contribution in [0.25, 0.3) is 0 Å². The van der Waals surface area contributed by atoms with E-state index in [0.29, 0.717) is 11.3 Å². The molecule has 0 radical (unpaired) electrons. The number of aliphatic hydroxyl groups excluding tert-OH is 1. The molecule has 72 valence electrons. The van der Waals surface area contributed by atoms with Gasteiger partial charge in [-0.15, -0.1) is 0 Å². The van der Waals surface area contributed by atoms with E-state index < -0.39 is 0 Å². The van der Waals surface area contributed by atoms with E-state index in [9.17, 15) is 5.11 Å². The van der Waals surface area contributed by atoms with Crippen molar-refractivity contribution < 1.29 is 5.11 Å². The summed E-state index contributed by atoms with van der Waals surface area (Å²) in [7, 11) is 0. The van der Waals surface area contributed by atoms with Crippen molar-refractivity contribution in [2.75, 3.05) is 0 Å². The summed E-state index contributed by atoms with van der Waals surface area (Å²) < 4.78 is 0. The van der Waals surface area contributed by atoms with Gasteiger partial charge in [0.05, 0.1) is 6.10 Å². The molecule has 1 nitrogen and oxygen atoms in total. The summed E-state index contributed by atoms with van der Waals surface area (Å²) in [5, 5.41) is 9.53. The average molecular weight is 170 g/mol. The van der Waals surface area contributed by atoms with Crippen molar-refractivity contribution >= 4 is 0 Å². The van der Waals surface area contributed by atoms with Crippen LogP contribution in [0.1, 0.15) is 47.0 Å². The second kappa shape index (κ2) is 3.37. The van der Waals surface area contributed by atoms with Crippen LogP contribution in [0, 0.1) is 17.3 Å². The number of rotatable bonds is 1. The predicted molar refractivity (Wildman–Crippen MR) is 52.0 cm³/mol. The average Bonchev–Trinajstić information content (AvgIpc) is 1.82. The summed E-state index contributed by atoms with van der Waals surface area (Å²) >= 11 is 0. The molecule has 0 aliphatic heterocycles. The molecule has 1 fully saturated rings. The van der Waals surface area contributed by atoms with Gasteiger partial charge in [-0.2, -0.15) is 0 Å². The Labute approximate surface area is 76.2 Å². The van der Waals surface area contributed by atoms with Crippen molar-refractivity contribution in [2.45, 2.75) is 53.1 Å². The summed E-state index contributed by atoms with van der Waals surface area (Å²) in [5.41, 5.74) is 0.444. The summed E-state index contributed by atoms with van der Waals surface area (Å²) in [6.45, 7) is 8.87. The molecule has 0 bridgehead atoms. The van der Waals surface area contributed by atoms with Gasteiger partial charge in [-0.1, -0.05) is 20.8 Å². The third kappa shape index (κ3) is 2.48. The zero-order valence-electron chi connectivity index (χ0n) is 8.80. The number of aliphatic hydroxyl groups is 1. The topological polar surface area (TPSA) is 20.2 Å². The fraction of sp³-hybridized carbons (Fsp3) is 1.00. The Morgan fingerprint density at radius 3 is 2.33 bits per heavy atom. The van der Waals surface area contributed by atoms with Crippen LogP contribution in [0.2, 0.25) is 0 Å². The van der Waals surface area contributed by atoms with Crippen molar-refractivity contribution in [3.05, 3.63) is 0 Å². The maximum absolute atomic E-state index is 9.53. The van der Waals surface area contributed by atoms with Gasteiger partial charge in [0.25, 0.3) is 0 Å². The molecule has 0 aromatic heterocycles. The summed E-state index contributed by atoms with van der Waals surface area (Å²) in [4.78, 5) is 0. The summed E-state index contributed by atoms with van der Waals surface area (Å²) in [6.07, 6.45) is 3.60. The Balaban J connectivity index is 2.58. The van der Waals surface area contributed by atoms with Gasteiger partial charge in [0, 0.05) is 0 Å². The van der Waals surface area contributed by atoms with Crippen LogP contribution in [0.3, 0.4) is 0 Å². The molecule has 0 aromatic rings. The lowest BCUT2D eigenvalue weighted by Crippen LogP contribution is -2.32. The van der Waals surface area contributed by atoms with E-state index in [1.807, 2.05) is 6.92 Å². The second-order valence-corrected chi connectivity index (χ2v) is 5.41. The van der Waals surface area contributed by atoms with Gasteiger partial charge in [0.15, 0.2) is 0 Å². The molecular formula is C11H22O.